The van der Waals surface area contributed by atoms with Crippen molar-refractivity contribution in [3.63, 3.8) is 0 Å². The molecule has 0 aliphatic carbocycles. The third-order valence-corrected chi connectivity index (χ3v) is 1.00. The average Bonchev–Trinajstić information content (AvgIpc) is 2.06. The zero-order chi connectivity index (χ0) is 8.69. The molecule has 0 spiro atoms. The summed E-state index contributed by atoms with van der Waals surface area (Å²) in [5, 5.41) is 16.9. The van der Waals surface area contributed by atoms with Crippen molar-refractivity contribution < 1.29 is 24.5 Å². The smallest absolute Gasteiger partial charge is 0.220 e. The highest BCUT2D eigenvalue weighted by Gasteiger charge is 2.07. The van der Waals surface area contributed by atoms with Gasteiger partial charge in [-0.25, -0.2) is 0 Å². The van der Waals surface area contributed by atoms with Crippen molar-refractivity contribution in [2.45, 2.75) is 6.10 Å². The van der Waals surface area contributed by atoms with E-state index in [1.54, 1.807) is 0 Å². The molecule has 0 aromatic carbocycles. The molecule has 0 heterocycles. The molecule has 0 fully saturated rings. The Morgan fingerprint density at radius 2 is 2.00 bits per heavy atom. The summed E-state index contributed by atoms with van der Waals surface area (Å²) in [7, 11) is 0. The van der Waals surface area contributed by atoms with Gasteiger partial charge in [-0.3, -0.25) is 9.59 Å². The standard InChI is InChI=1S/C6H10O5/c7-1-5(10)4-11-6(2-8)3-9/h1,6,8-9H,2-4H2. The van der Waals surface area contributed by atoms with Crippen molar-refractivity contribution >= 4 is 12.1 Å². The largest absolute Gasteiger partial charge is 0.394 e. The number of aldehydes is 1. The summed E-state index contributed by atoms with van der Waals surface area (Å²) in [6, 6.07) is 0. The molecule has 11 heavy (non-hydrogen) atoms. The van der Waals surface area contributed by atoms with E-state index in [1.165, 1.54) is 0 Å². The number of ether oxygens (including phenoxy) is 1. The molecule has 5 nitrogen and oxygen atoms in total. The molecule has 64 valence electrons. The molecule has 0 aromatic rings. The summed E-state index contributed by atoms with van der Waals surface area (Å²) in [5.41, 5.74) is 0. The number of rotatable bonds is 6. The Hall–Kier alpha value is -0.780. The van der Waals surface area contributed by atoms with Gasteiger partial charge in [0.1, 0.15) is 12.7 Å². The van der Waals surface area contributed by atoms with Gasteiger partial charge in [0.2, 0.25) is 5.78 Å². The zero-order valence-corrected chi connectivity index (χ0v) is 5.90. The number of hydrogen-bond donors (Lipinski definition) is 2. The SMILES string of the molecule is O=CC(=O)COC(CO)CO. The molecule has 0 saturated heterocycles. The first-order valence-corrected chi connectivity index (χ1v) is 3.06. The number of aliphatic hydroxyl groups excluding tert-OH is 2. The van der Waals surface area contributed by atoms with Crippen LogP contribution in [-0.4, -0.2) is 48.2 Å². The van der Waals surface area contributed by atoms with Crippen LogP contribution >= 0.6 is 0 Å². The van der Waals surface area contributed by atoms with Gasteiger partial charge in [0.15, 0.2) is 6.29 Å². The van der Waals surface area contributed by atoms with Crippen molar-refractivity contribution in [2.75, 3.05) is 19.8 Å². The van der Waals surface area contributed by atoms with Crippen LogP contribution < -0.4 is 0 Å². The maximum Gasteiger partial charge on any atom is 0.220 e. The van der Waals surface area contributed by atoms with E-state index in [2.05, 4.69) is 4.74 Å². The van der Waals surface area contributed by atoms with Gasteiger partial charge in [-0.1, -0.05) is 0 Å². The maximum atomic E-state index is 10.3. The minimum absolute atomic E-state index is 0.131. The molecule has 0 saturated carbocycles. The van der Waals surface area contributed by atoms with Crippen molar-refractivity contribution in [1.29, 1.82) is 0 Å². The van der Waals surface area contributed by atoms with Crippen LogP contribution in [0.4, 0.5) is 0 Å². The second-order valence-corrected chi connectivity index (χ2v) is 1.88. The Morgan fingerprint density at radius 1 is 1.45 bits per heavy atom. The van der Waals surface area contributed by atoms with E-state index in [4.69, 9.17) is 10.2 Å². The molecule has 0 aliphatic rings. The van der Waals surface area contributed by atoms with E-state index in [1.807, 2.05) is 0 Å². The van der Waals surface area contributed by atoms with Crippen molar-refractivity contribution in [2.24, 2.45) is 0 Å². The lowest BCUT2D eigenvalue weighted by atomic mass is 10.4. The Balaban J connectivity index is 3.49. The van der Waals surface area contributed by atoms with Crippen LogP contribution in [0.15, 0.2) is 0 Å². The zero-order valence-electron chi connectivity index (χ0n) is 5.90. The number of hydrogen-bond acceptors (Lipinski definition) is 5. The first kappa shape index (κ1) is 10.2. The van der Waals surface area contributed by atoms with E-state index in [9.17, 15) is 9.59 Å². The van der Waals surface area contributed by atoms with E-state index in [0.717, 1.165) is 0 Å². The number of carbonyl (C=O) groups is 2. The van der Waals surface area contributed by atoms with E-state index in [0.29, 0.717) is 0 Å². The van der Waals surface area contributed by atoms with Gasteiger partial charge in [-0.2, -0.15) is 0 Å². The van der Waals surface area contributed by atoms with Gasteiger partial charge in [-0.05, 0) is 0 Å². The van der Waals surface area contributed by atoms with Gasteiger partial charge in [0, 0.05) is 0 Å². The molecule has 0 radical (unpaired) electrons. The Bertz CT molecular complexity index is 129. The average molecular weight is 162 g/mol. The predicted octanol–water partition coefficient (Wildman–Crippen LogP) is -1.88. The monoisotopic (exact) mass is 162 g/mol. The minimum Gasteiger partial charge on any atom is -0.394 e. The molecule has 2 N–H and O–H groups in total. The van der Waals surface area contributed by atoms with Gasteiger partial charge in [0.05, 0.1) is 13.2 Å². The third-order valence-electron chi connectivity index (χ3n) is 1.00. The third kappa shape index (κ3) is 4.60. The van der Waals surface area contributed by atoms with Crippen molar-refractivity contribution in [3.8, 4) is 0 Å². The number of Topliss-reactive ketones (excluding diaryl/α,β-unsaturated/α-hetero) is 1. The second kappa shape index (κ2) is 5.96. The fraction of sp³-hybridized carbons (Fsp3) is 0.667. The van der Waals surface area contributed by atoms with Crippen molar-refractivity contribution in [1.82, 2.24) is 0 Å². The van der Waals surface area contributed by atoms with Gasteiger partial charge >= 0.3 is 0 Å². The first-order valence-electron chi connectivity index (χ1n) is 3.06. The molecular weight excluding hydrogens is 152 g/mol. The predicted molar refractivity (Wildman–Crippen MR) is 35.0 cm³/mol. The Labute approximate surface area is 63.6 Å². The highest BCUT2D eigenvalue weighted by atomic mass is 16.5. The number of carbonyl (C=O) groups excluding carboxylic acids is 2. The van der Waals surface area contributed by atoms with Gasteiger partial charge < -0.3 is 14.9 Å². The summed E-state index contributed by atoms with van der Waals surface area (Å²) >= 11 is 0. The minimum atomic E-state index is -0.779. The van der Waals surface area contributed by atoms with Crippen LogP contribution in [0.3, 0.4) is 0 Å². The molecule has 0 aliphatic heterocycles. The quantitative estimate of drug-likeness (QED) is 0.353. The van der Waals surface area contributed by atoms with Crippen LogP contribution in [0.1, 0.15) is 0 Å². The van der Waals surface area contributed by atoms with Crippen LogP contribution in [0, 0.1) is 0 Å². The fourth-order valence-corrected chi connectivity index (χ4v) is 0.397. The summed E-state index contributed by atoms with van der Waals surface area (Å²) in [6.45, 7) is -1.14. The Morgan fingerprint density at radius 3 is 2.36 bits per heavy atom. The lowest BCUT2D eigenvalue weighted by Crippen LogP contribution is -2.25. The van der Waals surface area contributed by atoms with Crippen molar-refractivity contribution in [3.05, 3.63) is 0 Å². The molecular formula is C6H10O5. The topological polar surface area (TPSA) is 83.8 Å². The normalized spacial score (nSPS) is 10.1. The number of aliphatic hydroxyl groups is 2. The molecule has 5 heteroatoms. The maximum absolute atomic E-state index is 10.3. The summed E-state index contributed by atoms with van der Waals surface area (Å²) in [6.07, 6.45) is -0.648. The summed E-state index contributed by atoms with van der Waals surface area (Å²) in [4.78, 5) is 20.0. The highest BCUT2D eigenvalue weighted by Crippen LogP contribution is 1.88. The fourth-order valence-electron chi connectivity index (χ4n) is 0.397. The molecule has 0 bridgehead atoms. The summed E-state index contributed by atoms with van der Waals surface area (Å²) < 4.78 is 4.61. The van der Waals surface area contributed by atoms with Crippen LogP contribution in [-0.2, 0) is 14.3 Å². The lowest BCUT2D eigenvalue weighted by molar-refractivity contribution is -0.135. The van der Waals surface area contributed by atoms with E-state index >= 15 is 0 Å². The molecule has 0 unspecified atom stereocenters. The van der Waals surface area contributed by atoms with Gasteiger partial charge in [-0.15, -0.1) is 0 Å². The van der Waals surface area contributed by atoms with Crippen LogP contribution in [0.2, 0.25) is 0 Å². The Kier molecular flexibility index (Phi) is 5.54. The first-order chi connectivity index (χ1) is 5.24. The molecule has 0 rings (SSSR count). The van der Waals surface area contributed by atoms with E-state index < -0.39 is 18.5 Å². The van der Waals surface area contributed by atoms with Crippen LogP contribution in [0.5, 0.6) is 0 Å². The van der Waals surface area contributed by atoms with Crippen LogP contribution in [0.25, 0.3) is 0 Å². The summed E-state index contributed by atoms with van der Waals surface area (Å²) in [5.74, 6) is -0.711. The molecule has 0 atom stereocenters. The lowest BCUT2D eigenvalue weighted by Gasteiger charge is -2.09. The number of ketones is 1. The molecule has 0 aromatic heterocycles. The second-order valence-electron chi connectivity index (χ2n) is 1.88. The van der Waals surface area contributed by atoms with E-state index in [-0.39, 0.29) is 19.5 Å². The highest BCUT2D eigenvalue weighted by molar-refractivity contribution is 6.25. The molecule has 0 amide bonds. The van der Waals surface area contributed by atoms with Gasteiger partial charge in [0.25, 0.3) is 0 Å².